The number of benzene rings is 3. The molecule has 2 aromatic heterocycles. The second kappa shape index (κ2) is 10.3. The van der Waals surface area contributed by atoms with Crippen molar-refractivity contribution >= 4 is 54.3 Å². The third-order valence-electron chi connectivity index (χ3n) is 6.53. The van der Waals surface area contributed by atoms with Gasteiger partial charge in [0.1, 0.15) is 11.3 Å². The minimum atomic E-state index is -0.230. The van der Waals surface area contributed by atoms with Gasteiger partial charge in [-0.2, -0.15) is 0 Å². The molecule has 5 aromatic rings. The first-order valence-electron chi connectivity index (χ1n) is 12.3. The molecule has 184 valence electrons. The normalized spacial score (nSPS) is 14.6. The van der Waals surface area contributed by atoms with Crippen LogP contribution in [-0.4, -0.2) is 55.2 Å². The second-order valence-electron chi connectivity index (χ2n) is 8.92. The first-order valence-corrected chi connectivity index (χ1v) is 13.1. The fraction of sp³-hybridized carbons (Fsp3) is 0.286. The Labute approximate surface area is 212 Å². The van der Waals surface area contributed by atoms with Gasteiger partial charge in [-0.1, -0.05) is 35.6 Å². The van der Waals surface area contributed by atoms with E-state index in [0.29, 0.717) is 23.1 Å². The number of furan rings is 1. The second-order valence-corrected chi connectivity index (χ2v) is 9.92. The standard InChI is InChI=1S/C28H27N3O4S/c32-27(30-28-29-23-7-8-24-21(9-14-35-24)26(23)36-28)22-17-19-5-1-2-6-20(19)18-25(22)34-13-4-3-10-31-11-15-33-16-12-31/h1-2,5-9,14,17-18H,3-4,10-13,15-16H2,(H,29,30,32). The number of thiazole rings is 1. The summed E-state index contributed by atoms with van der Waals surface area (Å²) >= 11 is 1.44. The van der Waals surface area contributed by atoms with Crippen molar-refractivity contribution in [1.82, 2.24) is 9.88 Å². The Morgan fingerprint density at radius 2 is 1.89 bits per heavy atom. The van der Waals surface area contributed by atoms with Crippen molar-refractivity contribution < 1.29 is 18.7 Å². The molecule has 0 bridgehead atoms. The maximum atomic E-state index is 13.4. The number of nitrogens with one attached hydrogen (secondary N) is 1. The van der Waals surface area contributed by atoms with Crippen LogP contribution >= 0.6 is 11.3 Å². The summed E-state index contributed by atoms with van der Waals surface area (Å²) in [6.45, 7) is 5.21. The van der Waals surface area contributed by atoms with E-state index in [2.05, 4.69) is 15.2 Å². The highest BCUT2D eigenvalue weighted by molar-refractivity contribution is 7.23. The van der Waals surface area contributed by atoms with Gasteiger partial charge < -0.3 is 13.9 Å². The Kier molecular flexibility index (Phi) is 6.55. The van der Waals surface area contributed by atoms with Crippen molar-refractivity contribution in [2.24, 2.45) is 0 Å². The molecule has 0 aliphatic carbocycles. The van der Waals surface area contributed by atoms with E-state index < -0.39 is 0 Å². The molecule has 0 spiro atoms. The molecule has 8 heteroatoms. The fourth-order valence-electron chi connectivity index (χ4n) is 4.61. The third-order valence-corrected chi connectivity index (χ3v) is 7.55. The van der Waals surface area contributed by atoms with Gasteiger partial charge in [0.05, 0.1) is 41.9 Å². The molecule has 0 saturated carbocycles. The number of hydrogen-bond acceptors (Lipinski definition) is 7. The molecule has 3 heterocycles. The quantitative estimate of drug-likeness (QED) is 0.265. The van der Waals surface area contributed by atoms with Gasteiger partial charge in [-0.3, -0.25) is 15.0 Å². The molecule has 7 nitrogen and oxygen atoms in total. The molecule has 0 atom stereocenters. The summed E-state index contributed by atoms with van der Waals surface area (Å²) < 4.78 is 18.1. The van der Waals surface area contributed by atoms with Crippen LogP contribution in [-0.2, 0) is 4.74 Å². The van der Waals surface area contributed by atoms with E-state index in [1.807, 2.05) is 54.6 Å². The van der Waals surface area contributed by atoms with Gasteiger partial charge in [-0.25, -0.2) is 4.98 Å². The van der Waals surface area contributed by atoms with Crippen LogP contribution < -0.4 is 10.1 Å². The number of anilines is 1. The lowest BCUT2D eigenvalue weighted by atomic mass is 10.1. The van der Waals surface area contributed by atoms with Crippen molar-refractivity contribution in [1.29, 1.82) is 0 Å². The Morgan fingerprint density at radius 3 is 2.75 bits per heavy atom. The van der Waals surface area contributed by atoms with E-state index in [1.54, 1.807) is 6.26 Å². The summed E-state index contributed by atoms with van der Waals surface area (Å²) in [5.74, 6) is 0.363. The summed E-state index contributed by atoms with van der Waals surface area (Å²) in [5, 5.41) is 6.57. The topological polar surface area (TPSA) is 76.8 Å². The molecular weight excluding hydrogens is 474 g/mol. The highest BCUT2D eigenvalue weighted by atomic mass is 32.1. The van der Waals surface area contributed by atoms with Crippen LogP contribution in [0.1, 0.15) is 23.2 Å². The Bertz CT molecular complexity index is 1520. The molecule has 36 heavy (non-hydrogen) atoms. The molecule has 1 fully saturated rings. The molecule has 1 saturated heterocycles. The van der Waals surface area contributed by atoms with Gasteiger partial charge in [0.25, 0.3) is 5.91 Å². The molecule has 1 amide bonds. The van der Waals surface area contributed by atoms with Crippen molar-refractivity contribution in [3.05, 3.63) is 66.4 Å². The molecule has 0 radical (unpaired) electrons. The lowest BCUT2D eigenvalue weighted by Gasteiger charge is -2.26. The predicted octanol–water partition coefficient (Wildman–Crippen LogP) is 5.94. The monoisotopic (exact) mass is 501 g/mol. The van der Waals surface area contributed by atoms with Crippen LogP contribution in [0.15, 0.2) is 65.3 Å². The fourth-order valence-corrected chi connectivity index (χ4v) is 5.59. The van der Waals surface area contributed by atoms with Crippen LogP contribution in [0.4, 0.5) is 5.13 Å². The van der Waals surface area contributed by atoms with Gasteiger partial charge in [-0.05, 0) is 60.5 Å². The number of nitrogens with zero attached hydrogens (tertiary/aromatic N) is 2. The van der Waals surface area contributed by atoms with Crippen LogP contribution in [0.25, 0.3) is 32.0 Å². The molecule has 0 unspecified atom stereocenters. The summed E-state index contributed by atoms with van der Waals surface area (Å²) in [7, 11) is 0. The summed E-state index contributed by atoms with van der Waals surface area (Å²) in [6.07, 6.45) is 3.63. The van der Waals surface area contributed by atoms with E-state index >= 15 is 0 Å². The zero-order valence-corrected chi connectivity index (χ0v) is 20.7. The summed E-state index contributed by atoms with van der Waals surface area (Å²) in [5.41, 5.74) is 2.15. The molecular formula is C28H27N3O4S. The maximum Gasteiger partial charge on any atom is 0.261 e. The van der Waals surface area contributed by atoms with Crippen molar-refractivity contribution in [3.63, 3.8) is 0 Å². The number of amides is 1. The van der Waals surface area contributed by atoms with E-state index in [-0.39, 0.29) is 5.91 Å². The minimum Gasteiger partial charge on any atom is -0.493 e. The van der Waals surface area contributed by atoms with E-state index in [0.717, 1.165) is 77.6 Å². The predicted molar refractivity (Wildman–Crippen MR) is 143 cm³/mol. The number of fused-ring (bicyclic) bond motifs is 4. The minimum absolute atomic E-state index is 0.230. The summed E-state index contributed by atoms with van der Waals surface area (Å²) in [6, 6.07) is 17.6. The Balaban J connectivity index is 1.19. The lowest BCUT2D eigenvalue weighted by molar-refractivity contribution is 0.0368. The van der Waals surface area contributed by atoms with Crippen LogP contribution in [0, 0.1) is 0 Å². The lowest BCUT2D eigenvalue weighted by Crippen LogP contribution is -2.36. The third kappa shape index (κ3) is 4.80. The number of aromatic nitrogens is 1. The van der Waals surface area contributed by atoms with Crippen molar-refractivity contribution in [2.45, 2.75) is 12.8 Å². The van der Waals surface area contributed by atoms with Gasteiger partial charge in [0.2, 0.25) is 0 Å². The van der Waals surface area contributed by atoms with E-state index in [9.17, 15) is 4.79 Å². The highest BCUT2D eigenvalue weighted by Crippen LogP contribution is 2.34. The zero-order chi connectivity index (χ0) is 24.3. The smallest absolute Gasteiger partial charge is 0.261 e. The number of unbranched alkanes of at least 4 members (excludes halogenated alkanes) is 1. The average molecular weight is 502 g/mol. The van der Waals surface area contributed by atoms with Gasteiger partial charge in [0, 0.05) is 18.5 Å². The average Bonchev–Trinajstić information content (AvgIpc) is 3.55. The number of carbonyl (C=O) groups is 1. The first-order chi connectivity index (χ1) is 17.7. The van der Waals surface area contributed by atoms with Crippen LogP contribution in [0.2, 0.25) is 0 Å². The number of rotatable bonds is 8. The molecule has 6 rings (SSSR count). The van der Waals surface area contributed by atoms with E-state index in [1.165, 1.54) is 11.3 Å². The number of hydrogen-bond donors (Lipinski definition) is 1. The van der Waals surface area contributed by atoms with E-state index in [4.69, 9.17) is 13.9 Å². The van der Waals surface area contributed by atoms with Gasteiger partial charge >= 0.3 is 0 Å². The Hall–Kier alpha value is -3.46. The van der Waals surface area contributed by atoms with Crippen LogP contribution in [0.5, 0.6) is 5.75 Å². The number of carbonyl (C=O) groups excluding carboxylic acids is 1. The maximum absolute atomic E-state index is 13.4. The molecule has 1 aliphatic rings. The molecule has 1 aliphatic heterocycles. The Morgan fingerprint density at radius 1 is 1.06 bits per heavy atom. The van der Waals surface area contributed by atoms with Crippen molar-refractivity contribution in [3.8, 4) is 5.75 Å². The highest BCUT2D eigenvalue weighted by Gasteiger charge is 2.18. The number of morpholine rings is 1. The van der Waals surface area contributed by atoms with Crippen molar-refractivity contribution in [2.75, 3.05) is 44.8 Å². The van der Waals surface area contributed by atoms with Gasteiger partial charge in [0.15, 0.2) is 5.13 Å². The zero-order valence-electron chi connectivity index (χ0n) is 19.9. The number of ether oxygens (including phenoxy) is 2. The summed E-state index contributed by atoms with van der Waals surface area (Å²) in [4.78, 5) is 20.4. The van der Waals surface area contributed by atoms with Crippen LogP contribution in [0.3, 0.4) is 0 Å². The van der Waals surface area contributed by atoms with Gasteiger partial charge in [-0.15, -0.1) is 0 Å². The molecule has 1 N–H and O–H groups in total. The first kappa shape index (κ1) is 23.0. The molecule has 3 aromatic carbocycles. The largest absolute Gasteiger partial charge is 0.493 e. The SMILES string of the molecule is O=C(Nc1nc2ccc3occc3c2s1)c1cc2ccccc2cc1OCCCCN1CCOCC1.